The topological polar surface area (TPSA) is 43.8 Å². The van der Waals surface area contributed by atoms with Crippen LogP contribution in [0.25, 0.3) is 0 Å². The minimum Gasteiger partial charge on any atom is -0.392 e. The average Bonchev–Trinajstić information content (AvgIpc) is 2.54. The number of hydrogen-bond acceptors (Lipinski definition) is 4. The van der Waals surface area contributed by atoms with Crippen LogP contribution in [0.15, 0.2) is 35.2 Å². The molecule has 0 unspecified atom stereocenters. The van der Waals surface area contributed by atoms with E-state index in [2.05, 4.69) is 16.7 Å². The highest BCUT2D eigenvalue weighted by molar-refractivity contribution is 7.85. The van der Waals surface area contributed by atoms with Gasteiger partial charge in [0.1, 0.15) is 0 Å². The highest BCUT2D eigenvalue weighted by Gasteiger charge is 2.26. The second-order valence-corrected chi connectivity index (χ2v) is 7.64. The van der Waals surface area contributed by atoms with E-state index in [9.17, 15) is 9.32 Å². The molecular formula is C17H28N2O2S. The number of hydrogen-bond donors (Lipinski definition) is 1. The summed E-state index contributed by atoms with van der Waals surface area (Å²) in [6, 6.07) is 10.2. The van der Waals surface area contributed by atoms with Crippen molar-refractivity contribution in [3.63, 3.8) is 0 Å². The van der Waals surface area contributed by atoms with Crippen molar-refractivity contribution in [3.8, 4) is 0 Å². The zero-order valence-corrected chi connectivity index (χ0v) is 14.5. The quantitative estimate of drug-likeness (QED) is 0.827. The van der Waals surface area contributed by atoms with Gasteiger partial charge in [0, 0.05) is 49.4 Å². The molecule has 124 valence electrons. The Morgan fingerprint density at radius 2 is 2.05 bits per heavy atom. The molecule has 1 N–H and O–H groups in total. The first-order chi connectivity index (χ1) is 10.6. The van der Waals surface area contributed by atoms with Crippen LogP contribution in [0.5, 0.6) is 0 Å². The number of piperazine rings is 1. The van der Waals surface area contributed by atoms with E-state index in [4.69, 9.17) is 0 Å². The van der Waals surface area contributed by atoms with Crippen molar-refractivity contribution < 1.29 is 9.32 Å². The van der Waals surface area contributed by atoms with Crippen LogP contribution >= 0.6 is 0 Å². The van der Waals surface area contributed by atoms with Gasteiger partial charge < -0.3 is 5.11 Å². The maximum atomic E-state index is 12.3. The van der Waals surface area contributed by atoms with E-state index >= 15 is 0 Å². The molecule has 1 aromatic rings. The summed E-state index contributed by atoms with van der Waals surface area (Å²) in [6.45, 7) is 8.67. The number of aliphatic hydroxyl groups is 1. The monoisotopic (exact) mass is 324 g/mol. The second kappa shape index (κ2) is 8.77. The van der Waals surface area contributed by atoms with Gasteiger partial charge in [0.15, 0.2) is 0 Å². The van der Waals surface area contributed by atoms with E-state index in [1.165, 1.54) is 0 Å². The first kappa shape index (κ1) is 17.6. The zero-order valence-electron chi connectivity index (χ0n) is 13.6. The third-order valence-corrected chi connectivity index (χ3v) is 5.61. The van der Waals surface area contributed by atoms with Crippen molar-refractivity contribution in [2.45, 2.75) is 37.3 Å². The molecule has 3 atom stereocenters. The maximum absolute atomic E-state index is 12.3. The van der Waals surface area contributed by atoms with E-state index in [1.54, 1.807) is 0 Å². The van der Waals surface area contributed by atoms with Crippen molar-refractivity contribution in [3.05, 3.63) is 30.3 Å². The van der Waals surface area contributed by atoms with Crippen LogP contribution in [0.1, 0.15) is 20.3 Å². The van der Waals surface area contributed by atoms with Crippen LogP contribution in [-0.4, -0.2) is 69.7 Å². The number of β-amino-alcohol motifs (C(OH)–C–C–N with tert-alkyl or cyclic N) is 1. The molecule has 2 rings (SSSR count). The smallest absolute Gasteiger partial charge is 0.0639 e. The van der Waals surface area contributed by atoms with Crippen LogP contribution in [0.2, 0.25) is 0 Å². The zero-order chi connectivity index (χ0) is 15.9. The molecule has 0 saturated carbocycles. The summed E-state index contributed by atoms with van der Waals surface area (Å²) in [5.74, 6) is 0.691. The highest BCUT2D eigenvalue weighted by atomic mass is 32.2. The summed E-state index contributed by atoms with van der Waals surface area (Å²) >= 11 is 0. The Hall–Kier alpha value is -0.750. The fourth-order valence-corrected chi connectivity index (χ4v) is 4.15. The van der Waals surface area contributed by atoms with E-state index in [1.807, 2.05) is 37.3 Å². The second-order valence-electron chi connectivity index (χ2n) is 6.07. The van der Waals surface area contributed by atoms with Crippen molar-refractivity contribution in [1.82, 2.24) is 9.80 Å². The molecule has 0 bridgehead atoms. The van der Waals surface area contributed by atoms with Crippen molar-refractivity contribution >= 4 is 10.8 Å². The summed E-state index contributed by atoms with van der Waals surface area (Å²) in [6.07, 6.45) is 0.816. The summed E-state index contributed by atoms with van der Waals surface area (Å²) < 4.78 is 12.3. The molecule has 1 aromatic carbocycles. The third-order valence-electron chi connectivity index (χ3n) is 4.26. The first-order valence-electron chi connectivity index (χ1n) is 8.18. The van der Waals surface area contributed by atoms with Gasteiger partial charge in [-0.2, -0.15) is 0 Å². The Morgan fingerprint density at radius 1 is 1.32 bits per heavy atom. The molecule has 0 aromatic heterocycles. The summed E-state index contributed by atoms with van der Waals surface area (Å²) in [7, 11) is -0.911. The maximum Gasteiger partial charge on any atom is 0.0639 e. The SMILES string of the molecule is CC[C@@H]1CN(CC[S@@](=O)c2ccccc2)CCN1C[C@H](C)O. The molecule has 0 radical (unpaired) electrons. The lowest BCUT2D eigenvalue weighted by molar-refractivity contribution is 0.0389. The van der Waals surface area contributed by atoms with Crippen LogP contribution < -0.4 is 0 Å². The van der Waals surface area contributed by atoms with E-state index in [0.717, 1.165) is 44.0 Å². The largest absolute Gasteiger partial charge is 0.392 e. The number of nitrogens with zero attached hydrogens (tertiary/aromatic N) is 2. The van der Waals surface area contributed by atoms with Crippen molar-refractivity contribution in [2.75, 3.05) is 38.5 Å². The van der Waals surface area contributed by atoms with Gasteiger partial charge in [-0.1, -0.05) is 25.1 Å². The van der Waals surface area contributed by atoms with E-state index in [0.29, 0.717) is 11.8 Å². The van der Waals surface area contributed by atoms with Gasteiger partial charge in [-0.05, 0) is 25.5 Å². The molecule has 1 fully saturated rings. The molecule has 0 spiro atoms. The van der Waals surface area contributed by atoms with Gasteiger partial charge in [-0.3, -0.25) is 14.0 Å². The minimum atomic E-state index is -0.911. The molecule has 0 amide bonds. The Morgan fingerprint density at radius 3 is 2.68 bits per heavy atom. The first-order valence-corrected chi connectivity index (χ1v) is 9.50. The molecule has 0 aliphatic carbocycles. The molecule has 1 heterocycles. The normalized spacial score (nSPS) is 23.3. The molecule has 1 saturated heterocycles. The third kappa shape index (κ3) is 5.16. The average molecular weight is 324 g/mol. The lowest BCUT2D eigenvalue weighted by atomic mass is 10.1. The molecule has 1 aliphatic heterocycles. The summed E-state index contributed by atoms with van der Waals surface area (Å²) in [5, 5.41) is 9.59. The number of rotatable bonds is 7. The predicted molar refractivity (Wildman–Crippen MR) is 91.5 cm³/mol. The Balaban J connectivity index is 1.81. The van der Waals surface area contributed by atoms with Crippen molar-refractivity contribution in [1.29, 1.82) is 0 Å². The molecule has 4 nitrogen and oxygen atoms in total. The minimum absolute atomic E-state index is 0.272. The summed E-state index contributed by atoms with van der Waals surface area (Å²) in [5.41, 5.74) is 0. The summed E-state index contributed by atoms with van der Waals surface area (Å²) in [4.78, 5) is 5.71. The van der Waals surface area contributed by atoms with Crippen LogP contribution in [-0.2, 0) is 10.8 Å². The predicted octanol–water partition coefficient (Wildman–Crippen LogP) is 1.57. The van der Waals surface area contributed by atoms with Gasteiger partial charge >= 0.3 is 0 Å². The Labute approximate surface area is 136 Å². The van der Waals surface area contributed by atoms with Gasteiger partial charge in [0.25, 0.3) is 0 Å². The molecule has 22 heavy (non-hydrogen) atoms. The lowest BCUT2D eigenvalue weighted by Gasteiger charge is -2.41. The van der Waals surface area contributed by atoms with Crippen LogP contribution in [0.4, 0.5) is 0 Å². The fraction of sp³-hybridized carbons (Fsp3) is 0.647. The standard InChI is InChI=1S/C17H28N2O2S/c1-3-16-14-18(9-10-19(16)13-15(2)20)11-12-22(21)17-7-5-4-6-8-17/h4-8,15-16,20H,3,9-14H2,1-2H3/t15-,16+,22+/m0/s1. The Kier molecular flexibility index (Phi) is 7.02. The van der Waals surface area contributed by atoms with Crippen molar-refractivity contribution in [2.24, 2.45) is 0 Å². The van der Waals surface area contributed by atoms with Gasteiger partial charge in [-0.25, -0.2) is 0 Å². The van der Waals surface area contributed by atoms with Gasteiger partial charge in [0.05, 0.1) is 16.9 Å². The lowest BCUT2D eigenvalue weighted by Crippen LogP contribution is -2.54. The molecule has 5 heteroatoms. The van der Waals surface area contributed by atoms with Gasteiger partial charge in [0.2, 0.25) is 0 Å². The van der Waals surface area contributed by atoms with Crippen LogP contribution in [0, 0.1) is 0 Å². The number of aliphatic hydroxyl groups excluding tert-OH is 1. The van der Waals surface area contributed by atoms with Crippen LogP contribution in [0.3, 0.4) is 0 Å². The Bertz CT molecular complexity index is 467. The molecular weight excluding hydrogens is 296 g/mol. The van der Waals surface area contributed by atoms with E-state index < -0.39 is 10.8 Å². The number of benzene rings is 1. The molecule has 1 aliphatic rings. The fourth-order valence-electron chi connectivity index (χ4n) is 3.03. The van der Waals surface area contributed by atoms with Gasteiger partial charge in [-0.15, -0.1) is 0 Å². The highest BCUT2D eigenvalue weighted by Crippen LogP contribution is 2.14. The van der Waals surface area contributed by atoms with E-state index in [-0.39, 0.29) is 6.10 Å².